The van der Waals surface area contributed by atoms with Crippen LogP contribution >= 0.6 is 0 Å². The molecule has 0 spiro atoms. The van der Waals surface area contributed by atoms with E-state index in [-0.39, 0.29) is 0 Å². The highest BCUT2D eigenvalue weighted by Crippen LogP contribution is 1.92. The molecular weight excluding hydrogens is 126 g/mol. The summed E-state index contributed by atoms with van der Waals surface area (Å²) in [5.41, 5.74) is 3.91. The molecule has 0 aliphatic rings. The van der Waals surface area contributed by atoms with Crippen molar-refractivity contribution < 1.29 is 4.84 Å². The lowest BCUT2D eigenvalue weighted by Gasteiger charge is -2.06. The van der Waals surface area contributed by atoms with Crippen LogP contribution in [-0.4, -0.2) is 13.2 Å². The summed E-state index contributed by atoms with van der Waals surface area (Å²) < 4.78 is 0. The van der Waals surface area contributed by atoms with Crippen LogP contribution in [0.2, 0.25) is 0 Å². The van der Waals surface area contributed by atoms with Crippen LogP contribution in [-0.2, 0) is 4.84 Å². The van der Waals surface area contributed by atoms with Gasteiger partial charge in [-0.3, -0.25) is 4.84 Å². The second-order valence-corrected chi connectivity index (χ2v) is 3.40. The van der Waals surface area contributed by atoms with Gasteiger partial charge in [-0.2, -0.15) is 0 Å². The third kappa shape index (κ3) is 7.92. The predicted octanol–water partition coefficient (Wildman–Crippen LogP) is 1.83. The molecule has 0 aromatic rings. The van der Waals surface area contributed by atoms with Gasteiger partial charge in [-0.1, -0.05) is 33.2 Å². The SMILES string of the molecule is CC(C)C[N]OCC(C)C. The standard InChI is InChI=1S/C8H18NO/c1-7(2)5-9-10-6-8(3)4/h7-8H,5-6H2,1-4H3. The quantitative estimate of drug-likeness (QED) is 0.426. The molecular formula is C8H18NO. The van der Waals surface area contributed by atoms with E-state index >= 15 is 0 Å². The zero-order chi connectivity index (χ0) is 7.98. The van der Waals surface area contributed by atoms with Gasteiger partial charge in [0.25, 0.3) is 0 Å². The van der Waals surface area contributed by atoms with Crippen molar-refractivity contribution in [2.45, 2.75) is 27.7 Å². The normalized spacial score (nSPS) is 11.4. The van der Waals surface area contributed by atoms with Gasteiger partial charge in [0.05, 0.1) is 6.61 Å². The average molecular weight is 144 g/mol. The Hall–Kier alpha value is -0.0800. The molecule has 2 heteroatoms. The number of hydroxylamine groups is 1. The molecule has 0 aromatic carbocycles. The number of rotatable bonds is 5. The maximum Gasteiger partial charge on any atom is 0.0725 e. The molecule has 2 nitrogen and oxygen atoms in total. The highest BCUT2D eigenvalue weighted by Gasteiger charge is 1.96. The summed E-state index contributed by atoms with van der Waals surface area (Å²) in [6.07, 6.45) is 0. The summed E-state index contributed by atoms with van der Waals surface area (Å²) in [6.45, 7) is 10.0. The minimum atomic E-state index is 0.580. The monoisotopic (exact) mass is 144 g/mol. The average Bonchev–Trinajstić information content (AvgIpc) is 1.79. The summed E-state index contributed by atoms with van der Waals surface area (Å²) in [5.74, 6) is 1.18. The second-order valence-electron chi connectivity index (χ2n) is 3.40. The highest BCUT2D eigenvalue weighted by atomic mass is 16.6. The van der Waals surface area contributed by atoms with E-state index in [2.05, 4.69) is 33.2 Å². The Bertz CT molecular complexity index is 61.7. The van der Waals surface area contributed by atoms with Crippen molar-refractivity contribution in [1.29, 1.82) is 0 Å². The molecule has 1 radical (unpaired) electrons. The third-order valence-electron chi connectivity index (χ3n) is 0.939. The molecule has 0 fully saturated rings. The first kappa shape index (κ1) is 9.92. The van der Waals surface area contributed by atoms with Crippen LogP contribution < -0.4 is 5.48 Å². The minimum Gasteiger partial charge on any atom is -0.282 e. The fourth-order valence-electron chi connectivity index (χ4n) is 0.404. The molecule has 0 atom stereocenters. The van der Waals surface area contributed by atoms with Gasteiger partial charge in [-0.05, 0) is 11.8 Å². The van der Waals surface area contributed by atoms with E-state index in [0.29, 0.717) is 11.8 Å². The molecule has 0 heterocycles. The Morgan fingerprint density at radius 3 is 2.10 bits per heavy atom. The molecule has 0 aliphatic heterocycles. The van der Waals surface area contributed by atoms with Crippen LogP contribution in [0.3, 0.4) is 0 Å². The van der Waals surface area contributed by atoms with Crippen molar-refractivity contribution in [3.05, 3.63) is 0 Å². The van der Waals surface area contributed by atoms with Gasteiger partial charge in [0.15, 0.2) is 0 Å². The maximum atomic E-state index is 5.03. The fraction of sp³-hybridized carbons (Fsp3) is 1.00. The molecule has 0 unspecified atom stereocenters. The Morgan fingerprint density at radius 2 is 1.70 bits per heavy atom. The van der Waals surface area contributed by atoms with Gasteiger partial charge in [0.2, 0.25) is 0 Å². The zero-order valence-electron chi connectivity index (χ0n) is 7.42. The maximum absolute atomic E-state index is 5.03. The summed E-state index contributed by atoms with van der Waals surface area (Å²) in [7, 11) is 0. The molecule has 0 N–H and O–H groups in total. The largest absolute Gasteiger partial charge is 0.282 e. The topological polar surface area (TPSA) is 23.3 Å². The molecule has 0 aliphatic carbocycles. The zero-order valence-corrected chi connectivity index (χ0v) is 7.42. The van der Waals surface area contributed by atoms with Crippen LogP contribution in [0.15, 0.2) is 0 Å². The molecule has 0 rings (SSSR count). The van der Waals surface area contributed by atoms with Crippen molar-refractivity contribution >= 4 is 0 Å². The number of hydrogen-bond donors (Lipinski definition) is 0. The minimum absolute atomic E-state index is 0.580. The summed E-state index contributed by atoms with van der Waals surface area (Å²) >= 11 is 0. The van der Waals surface area contributed by atoms with Crippen LogP contribution in [0.25, 0.3) is 0 Å². The molecule has 0 saturated heterocycles. The smallest absolute Gasteiger partial charge is 0.0725 e. The van der Waals surface area contributed by atoms with E-state index in [4.69, 9.17) is 4.84 Å². The Labute approximate surface area is 63.9 Å². The van der Waals surface area contributed by atoms with Crippen molar-refractivity contribution in [2.24, 2.45) is 11.8 Å². The van der Waals surface area contributed by atoms with Gasteiger partial charge in [-0.15, -0.1) is 0 Å². The van der Waals surface area contributed by atoms with Crippen LogP contribution in [0.4, 0.5) is 0 Å². The van der Waals surface area contributed by atoms with Gasteiger partial charge >= 0.3 is 0 Å². The van der Waals surface area contributed by atoms with Gasteiger partial charge in [-0.25, -0.2) is 0 Å². The highest BCUT2D eigenvalue weighted by molar-refractivity contribution is 4.42. The van der Waals surface area contributed by atoms with E-state index in [1.807, 2.05) is 0 Å². The van der Waals surface area contributed by atoms with Crippen LogP contribution in [0.1, 0.15) is 27.7 Å². The first-order valence-corrected chi connectivity index (χ1v) is 3.91. The third-order valence-corrected chi connectivity index (χ3v) is 0.939. The molecule has 61 valence electrons. The van der Waals surface area contributed by atoms with Gasteiger partial charge in [0.1, 0.15) is 0 Å². The Morgan fingerprint density at radius 1 is 1.10 bits per heavy atom. The fourth-order valence-corrected chi connectivity index (χ4v) is 0.404. The lowest BCUT2D eigenvalue weighted by Crippen LogP contribution is -2.15. The summed E-state index contributed by atoms with van der Waals surface area (Å²) in [6, 6.07) is 0. The summed E-state index contributed by atoms with van der Waals surface area (Å²) in [5, 5.41) is 0. The first-order valence-electron chi connectivity index (χ1n) is 3.91. The van der Waals surface area contributed by atoms with Crippen molar-refractivity contribution in [3.63, 3.8) is 0 Å². The van der Waals surface area contributed by atoms with Gasteiger partial charge < -0.3 is 0 Å². The summed E-state index contributed by atoms with van der Waals surface area (Å²) in [4.78, 5) is 5.03. The Kier molecular flexibility index (Phi) is 5.64. The lowest BCUT2D eigenvalue weighted by atomic mass is 10.2. The van der Waals surface area contributed by atoms with Crippen LogP contribution in [0, 0.1) is 11.8 Å². The van der Waals surface area contributed by atoms with E-state index in [1.54, 1.807) is 0 Å². The number of hydrogen-bond acceptors (Lipinski definition) is 1. The predicted molar refractivity (Wildman–Crippen MR) is 42.6 cm³/mol. The van der Waals surface area contributed by atoms with E-state index in [1.165, 1.54) is 0 Å². The molecule has 0 amide bonds. The van der Waals surface area contributed by atoms with Crippen LogP contribution in [0.5, 0.6) is 0 Å². The van der Waals surface area contributed by atoms with E-state index in [0.717, 1.165) is 13.2 Å². The van der Waals surface area contributed by atoms with E-state index < -0.39 is 0 Å². The molecule has 0 aromatic heterocycles. The molecule has 0 saturated carbocycles. The van der Waals surface area contributed by atoms with Gasteiger partial charge in [0, 0.05) is 6.54 Å². The van der Waals surface area contributed by atoms with Crippen molar-refractivity contribution in [1.82, 2.24) is 5.48 Å². The van der Waals surface area contributed by atoms with E-state index in [9.17, 15) is 0 Å². The molecule has 10 heavy (non-hydrogen) atoms. The lowest BCUT2D eigenvalue weighted by molar-refractivity contribution is 0.0107. The first-order chi connectivity index (χ1) is 4.63. The van der Waals surface area contributed by atoms with Crippen molar-refractivity contribution in [2.75, 3.05) is 13.2 Å². The molecule has 0 bridgehead atoms. The van der Waals surface area contributed by atoms with Crippen molar-refractivity contribution in [3.8, 4) is 0 Å². The second kappa shape index (κ2) is 5.69. The Balaban J connectivity index is 2.91. The number of nitrogens with zero attached hydrogens (tertiary/aromatic N) is 1.